The van der Waals surface area contributed by atoms with Gasteiger partial charge in [0.1, 0.15) is 24.4 Å². The summed E-state index contributed by atoms with van der Waals surface area (Å²) < 4.78 is 68.4. The summed E-state index contributed by atoms with van der Waals surface area (Å²) in [5.74, 6) is -5.78. The first-order valence-electron chi connectivity index (χ1n) is 15.7. The second kappa shape index (κ2) is 17.2. The Morgan fingerprint density at radius 2 is 1.02 bits per heavy atom. The van der Waals surface area contributed by atoms with E-state index < -0.39 is 42.4 Å². The Morgan fingerprint density at radius 3 is 1.47 bits per heavy atom. The second-order valence-electron chi connectivity index (χ2n) is 11.2. The number of carbonyl (C=O) groups excluding carboxylic acids is 1. The zero-order valence-corrected chi connectivity index (χ0v) is 26.3. The maximum atomic E-state index is 16.1. The molecular formula is C38H40F2O7. The number of hydrogen-bond acceptors (Lipinski definition) is 7. The molecule has 4 aromatic rings. The van der Waals surface area contributed by atoms with Crippen LogP contribution in [-0.2, 0) is 59.6 Å². The van der Waals surface area contributed by atoms with Gasteiger partial charge in [-0.1, -0.05) is 121 Å². The molecule has 0 aromatic heterocycles. The quantitative estimate of drug-likeness (QED) is 0.122. The second-order valence-corrected chi connectivity index (χ2v) is 11.2. The Hall–Kier alpha value is -3.99. The van der Waals surface area contributed by atoms with Gasteiger partial charge in [0, 0.05) is 0 Å². The molecule has 0 spiro atoms. The summed E-state index contributed by atoms with van der Waals surface area (Å²) in [6.45, 7) is 1.55. The summed E-state index contributed by atoms with van der Waals surface area (Å²) in [5, 5.41) is 0. The van der Waals surface area contributed by atoms with Gasteiger partial charge in [-0.2, -0.15) is 8.78 Å². The molecule has 0 unspecified atom stereocenters. The Bertz CT molecular complexity index is 1480. The Morgan fingerprint density at radius 1 is 0.617 bits per heavy atom. The molecule has 5 atom stereocenters. The van der Waals surface area contributed by atoms with Crippen molar-refractivity contribution in [2.75, 3.05) is 13.2 Å². The largest absolute Gasteiger partial charge is 0.461 e. The molecule has 0 bridgehead atoms. The summed E-state index contributed by atoms with van der Waals surface area (Å²) >= 11 is 0. The molecule has 1 saturated heterocycles. The third kappa shape index (κ3) is 9.53. The van der Waals surface area contributed by atoms with Crippen LogP contribution in [0.4, 0.5) is 8.78 Å². The first-order valence-corrected chi connectivity index (χ1v) is 15.7. The Balaban J connectivity index is 1.50. The number of ether oxygens (including phenoxy) is 6. The van der Waals surface area contributed by atoms with E-state index in [-0.39, 0.29) is 39.6 Å². The highest BCUT2D eigenvalue weighted by Gasteiger charge is 2.61. The van der Waals surface area contributed by atoms with Crippen LogP contribution in [0.15, 0.2) is 121 Å². The van der Waals surface area contributed by atoms with Crippen LogP contribution in [0.5, 0.6) is 0 Å². The smallest absolute Gasteiger partial charge is 0.379 e. The predicted octanol–water partition coefficient (Wildman–Crippen LogP) is 6.93. The predicted molar refractivity (Wildman–Crippen MR) is 171 cm³/mol. The van der Waals surface area contributed by atoms with Crippen molar-refractivity contribution in [3.8, 4) is 0 Å². The summed E-state index contributed by atoms with van der Waals surface area (Å²) in [5.41, 5.74) is 3.36. The first kappa shape index (κ1) is 34.3. The van der Waals surface area contributed by atoms with E-state index >= 15 is 8.78 Å². The van der Waals surface area contributed by atoms with Gasteiger partial charge in [-0.05, 0) is 29.2 Å². The minimum atomic E-state index is -4.08. The number of hydrogen-bond donors (Lipinski definition) is 0. The van der Waals surface area contributed by atoms with Crippen molar-refractivity contribution >= 4 is 5.97 Å². The van der Waals surface area contributed by atoms with E-state index in [0.717, 1.165) is 22.3 Å². The van der Waals surface area contributed by atoms with Gasteiger partial charge in [-0.15, -0.1) is 0 Å². The lowest BCUT2D eigenvalue weighted by atomic mass is 9.90. The summed E-state index contributed by atoms with van der Waals surface area (Å²) in [6, 6.07) is 37.5. The molecule has 1 aliphatic heterocycles. The fourth-order valence-corrected chi connectivity index (χ4v) is 5.42. The summed E-state index contributed by atoms with van der Waals surface area (Å²) in [7, 11) is 0. The van der Waals surface area contributed by atoms with E-state index in [9.17, 15) is 4.79 Å². The monoisotopic (exact) mass is 646 g/mol. The molecule has 1 heterocycles. The van der Waals surface area contributed by atoms with Crippen molar-refractivity contribution in [2.24, 2.45) is 0 Å². The van der Waals surface area contributed by atoms with E-state index in [2.05, 4.69) is 0 Å². The lowest BCUT2D eigenvalue weighted by Crippen LogP contribution is -2.66. The van der Waals surface area contributed by atoms with Gasteiger partial charge in [0.25, 0.3) is 0 Å². The number of esters is 1. The van der Waals surface area contributed by atoms with Crippen molar-refractivity contribution in [1.82, 2.24) is 0 Å². The minimum Gasteiger partial charge on any atom is -0.461 e. The van der Waals surface area contributed by atoms with Gasteiger partial charge in [-0.3, -0.25) is 0 Å². The van der Waals surface area contributed by atoms with Gasteiger partial charge in [0.05, 0.1) is 39.6 Å². The number of rotatable bonds is 16. The fraction of sp³-hybridized carbons (Fsp3) is 0.342. The molecule has 1 fully saturated rings. The zero-order chi connectivity index (χ0) is 32.9. The van der Waals surface area contributed by atoms with Gasteiger partial charge in [-0.25, -0.2) is 4.79 Å². The van der Waals surface area contributed by atoms with Crippen LogP contribution in [0.2, 0.25) is 0 Å². The van der Waals surface area contributed by atoms with Crippen molar-refractivity contribution in [1.29, 1.82) is 0 Å². The Labute approximate surface area is 274 Å². The van der Waals surface area contributed by atoms with Crippen LogP contribution >= 0.6 is 0 Å². The molecule has 0 aliphatic carbocycles. The van der Waals surface area contributed by atoms with Crippen LogP contribution in [0.1, 0.15) is 29.2 Å². The van der Waals surface area contributed by atoms with Crippen LogP contribution in [0, 0.1) is 0 Å². The molecule has 0 radical (unpaired) electrons. The number of alkyl halides is 2. The topological polar surface area (TPSA) is 72.5 Å². The molecule has 1 aliphatic rings. The van der Waals surface area contributed by atoms with Crippen molar-refractivity contribution in [3.05, 3.63) is 144 Å². The molecular weight excluding hydrogens is 606 g/mol. The van der Waals surface area contributed by atoms with E-state index in [1.54, 1.807) is 0 Å². The summed E-state index contributed by atoms with van der Waals surface area (Å²) in [4.78, 5) is 12.8. The van der Waals surface area contributed by atoms with Crippen LogP contribution in [0.25, 0.3) is 0 Å². The molecule has 5 rings (SSSR count). The molecule has 7 nitrogen and oxygen atoms in total. The van der Waals surface area contributed by atoms with Gasteiger partial charge in [0.2, 0.25) is 0 Å². The lowest BCUT2D eigenvalue weighted by Gasteiger charge is -2.47. The SMILES string of the molecule is CCOC(=O)C(F)(F)[C@@H]1O[C@H](COCc2ccccc2)[C@@H](OCc2ccccc2)[C@H](OCc2ccccc2)[C@@H]1OCc1ccccc1. The van der Waals surface area contributed by atoms with E-state index in [4.69, 9.17) is 28.4 Å². The maximum Gasteiger partial charge on any atom is 0.379 e. The standard InChI is InChI=1S/C38H40F2O7/c1-2-43-37(41)38(39,40)36-35(46-26-31-21-13-6-14-22-31)34(45-25-30-19-11-5-12-20-30)33(44-24-29-17-9-4-10-18-29)32(47-36)27-42-23-28-15-7-3-8-16-28/h3-22,32-36H,2,23-27H2,1H3/t32-,33-,34+,35+,36-/m1/s1. The fourth-order valence-electron chi connectivity index (χ4n) is 5.42. The minimum absolute atomic E-state index is 0.0317. The first-order chi connectivity index (χ1) is 23.0. The normalized spacial score (nSPS) is 21.3. The number of benzene rings is 4. The number of carbonyl (C=O) groups is 1. The third-order valence-corrected chi connectivity index (χ3v) is 7.79. The molecule has 0 amide bonds. The van der Waals surface area contributed by atoms with Crippen LogP contribution in [-0.4, -0.2) is 55.6 Å². The van der Waals surface area contributed by atoms with E-state index in [1.165, 1.54) is 6.92 Å². The zero-order valence-electron chi connectivity index (χ0n) is 26.3. The molecule has 4 aromatic carbocycles. The van der Waals surface area contributed by atoms with Gasteiger partial charge < -0.3 is 28.4 Å². The van der Waals surface area contributed by atoms with Crippen molar-refractivity contribution in [3.63, 3.8) is 0 Å². The Kier molecular flexibility index (Phi) is 12.6. The molecule has 0 saturated carbocycles. The lowest BCUT2D eigenvalue weighted by molar-refractivity contribution is -0.307. The summed E-state index contributed by atoms with van der Waals surface area (Å²) in [6.07, 6.45) is -6.54. The average molecular weight is 647 g/mol. The average Bonchev–Trinajstić information content (AvgIpc) is 3.11. The molecule has 47 heavy (non-hydrogen) atoms. The van der Waals surface area contributed by atoms with Gasteiger partial charge in [0.15, 0.2) is 6.10 Å². The molecule has 248 valence electrons. The van der Waals surface area contributed by atoms with Crippen molar-refractivity contribution < 1.29 is 42.0 Å². The van der Waals surface area contributed by atoms with Crippen molar-refractivity contribution in [2.45, 2.75) is 69.8 Å². The molecule has 0 N–H and O–H groups in total. The van der Waals surface area contributed by atoms with Crippen LogP contribution in [0.3, 0.4) is 0 Å². The van der Waals surface area contributed by atoms with Crippen LogP contribution < -0.4 is 0 Å². The highest BCUT2D eigenvalue weighted by Crippen LogP contribution is 2.38. The highest BCUT2D eigenvalue weighted by molar-refractivity contribution is 5.78. The number of halogens is 2. The highest BCUT2D eigenvalue weighted by atomic mass is 19.3. The maximum absolute atomic E-state index is 16.1. The van der Waals surface area contributed by atoms with E-state index in [1.807, 2.05) is 121 Å². The third-order valence-electron chi connectivity index (χ3n) is 7.79. The van der Waals surface area contributed by atoms with E-state index in [0.29, 0.717) is 0 Å². The molecule has 9 heteroatoms. The van der Waals surface area contributed by atoms with Gasteiger partial charge >= 0.3 is 11.9 Å².